The van der Waals surface area contributed by atoms with Gasteiger partial charge in [0, 0.05) is 30.4 Å². The van der Waals surface area contributed by atoms with Gasteiger partial charge in [-0.15, -0.1) is 0 Å². The van der Waals surface area contributed by atoms with Crippen LogP contribution in [0.15, 0.2) is 48.5 Å². The molecule has 0 radical (unpaired) electrons. The van der Waals surface area contributed by atoms with Gasteiger partial charge in [0.2, 0.25) is 5.91 Å². The van der Waals surface area contributed by atoms with Gasteiger partial charge in [0.1, 0.15) is 5.82 Å². The molecule has 2 aromatic rings. The number of rotatable bonds is 5. The Hall–Kier alpha value is -2.40. The van der Waals surface area contributed by atoms with Crippen LogP contribution in [0.4, 0.5) is 15.8 Å². The Balaban J connectivity index is 2.00. The van der Waals surface area contributed by atoms with E-state index in [-0.39, 0.29) is 18.0 Å². The average molecular weight is 288 g/mol. The Morgan fingerprint density at radius 3 is 2.62 bits per heavy atom. The lowest BCUT2D eigenvalue weighted by molar-refractivity contribution is -0.114. The summed E-state index contributed by atoms with van der Waals surface area (Å²) in [5, 5.41) is 15.7. The van der Waals surface area contributed by atoms with Crippen LogP contribution >= 0.6 is 0 Å². The van der Waals surface area contributed by atoms with E-state index in [1.807, 2.05) is 0 Å². The number of anilines is 2. The normalized spacial score (nSPS) is 11.8. The third kappa shape index (κ3) is 4.29. The summed E-state index contributed by atoms with van der Waals surface area (Å²) in [6, 6.07) is 13.2. The molecule has 1 atom stereocenters. The molecule has 0 heterocycles. The van der Waals surface area contributed by atoms with Gasteiger partial charge < -0.3 is 15.7 Å². The van der Waals surface area contributed by atoms with E-state index in [1.165, 1.54) is 13.0 Å². The van der Waals surface area contributed by atoms with E-state index in [1.54, 1.807) is 42.5 Å². The second kappa shape index (κ2) is 6.85. The maximum atomic E-state index is 13.5. The van der Waals surface area contributed by atoms with Crippen molar-refractivity contribution in [2.75, 3.05) is 17.2 Å². The Kier molecular flexibility index (Phi) is 4.90. The summed E-state index contributed by atoms with van der Waals surface area (Å²) < 4.78 is 13.5. The monoisotopic (exact) mass is 288 g/mol. The predicted molar refractivity (Wildman–Crippen MR) is 80.6 cm³/mol. The van der Waals surface area contributed by atoms with E-state index >= 15 is 0 Å². The number of hydrogen-bond acceptors (Lipinski definition) is 3. The maximum Gasteiger partial charge on any atom is 0.221 e. The highest BCUT2D eigenvalue weighted by Crippen LogP contribution is 2.19. The summed E-state index contributed by atoms with van der Waals surface area (Å²) in [5.41, 5.74) is 1.65. The van der Waals surface area contributed by atoms with Gasteiger partial charge >= 0.3 is 0 Å². The molecule has 21 heavy (non-hydrogen) atoms. The van der Waals surface area contributed by atoms with Gasteiger partial charge in [0.15, 0.2) is 0 Å². The standard InChI is InChI=1S/C16H17FN2O2/c1-11(20)19-13-6-4-5-12(9-13)18-10-16(21)14-7-2-3-8-15(14)17/h2-9,16,18,21H,10H2,1H3,(H,19,20). The molecule has 0 saturated carbocycles. The fraction of sp³-hybridized carbons (Fsp3) is 0.188. The molecule has 0 aliphatic heterocycles. The third-order valence-corrected chi connectivity index (χ3v) is 2.95. The van der Waals surface area contributed by atoms with Gasteiger partial charge in [-0.05, 0) is 24.3 Å². The molecule has 2 aromatic carbocycles. The van der Waals surface area contributed by atoms with E-state index in [0.717, 1.165) is 5.69 Å². The predicted octanol–water partition coefficient (Wildman–Crippen LogP) is 2.93. The van der Waals surface area contributed by atoms with E-state index in [0.29, 0.717) is 5.69 Å². The number of benzene rings is 2. The van der Waals surface area contributed by atoms with Crippen molar-refractivity contribution < 1.29 is 14.3 Å². The minimum atomic E-state index is -0.948. The number of carbonyl (C=O) groups excluding carboxylic acids is 1. The second-order valence-electron chi connectivity index (χ2n) is 4.68. The van der Waals surface area contributed by atoms with Crippen LogP contribution < -0.4 is 10.6 Å². The first kappa shape index (κ1) is 15.0. The molecule has 0 fully saturated rings. The van der Waals surface area contributed by atoms with Crippen LogP contribution in [-0.2, 0) is 4.79 Å². The van der Waals surface area contributed by atoms with Crippen LogP contribution in [-0.4, -0.2) is 17.6 Å². The number of carbonyl (C=O) groups is 1. The van der Waals surface area contributed by atoms with Crippen LogP contribution in [0.1, 0.15) is 18.6 Å². The number of halogens is 1. The number of aliphatic hydroxyl groups is 1. The van der Waals surface area contributed by atoms with E-state index < -0.39 is 11.9 Å². The molecule has 0 aliphatic rings. The van der Waals surface area contributed by atoms with E-state index in [2.05, 4.69) is 10.6 Å². The van der Waals surface area contributed by atoms with E-state index in [4.69, 9.17) is 0 Å². The van der Waals surface area contributed by atoms with Gasteiger partial charge in [-0.25, -0.2) is 4.39 Å². The largest absolute Gasteiger partial charge is 0.386 e. The van der Waals surface area contributed by atoms with Crippen molar-refractivity contribution in [1.29, 1.82) is 0 Å². The zero-order valence-corrected chi connectivity index (χ0v) is 11.6. The minimum Gasteiger partial charge on any atom is -0.386 e. The highest BCUT2D eigenvalue weighted by atomic mass is 19.1. The van der Waals surface area contributed by atoms with Gasteiger partial charge in [0.05, 0.1) is 6.10 Å². The number of amides is 1. The Labute approximate surface area is 122 Å². The molecule has 0 aliphatic carbocycles. The molecule has 0 aromatic heterocycles. The first-order valence-electron chi connectivity index (χ1n) is 6.60. The topological polar surface area (TPSA) is 61.4 Å². The van der Waals surface area contributed by atoms with Crippen LogP contribution in [0.25, 0.3) is 0 Å². The van der Waals surface area contributed by atoms with Gasteiger partial charge in [-0.3, -0.25) is 4.79 Å². The van der Waals surface area contributed by atoms with Crippen molar-refractivity contribution in [3.05, 3.63) is 59.9 Å². The summed E-state index contributed by atoms with van der Waals surface area (Å²) in [7, 11) is 0. The molecular formula is C16H17FN2O2. The summed E-state index contributed by atoms with van der Waals surface area (Å²) in [4.78, 5) is 11.0. The molecule has 4 nitrogen and oxygen atoms in total. The quantitative estimate of drug-likeness (QED) is 0.792. The zero-order chi connectivity index (χ0) is 15.2. The molecular weight excluding hydrogens is 271 g/mol. The van der Waals surface area contributed by atoms with Gasteiger partial charge in [0.25, 0.3) is 0 Å². The molecule has 3 N–H and O–H groups in total. The van der Waals surface area contributed by atoms with Crippen LogP contribution in [0.5, 0.6) is 0 Å². The average Bonchev–Trinajstić information content (AvgIpc) is 2.45. The van der Waals surface area contributed by atoms with Crippen LogP contribution in [0, 0.1) is 5.82 Å². The minimum absolute atomic E-state index is 0.154. The molecule has 110 valence electrons. The SMILES string of the molecule is CC(=O)Nc1cccc(NCC(O)c2ccccc2F)c1. The first-order chi connectivity index (χ1) is 10.1. The molecule has 0 spiro atoms. The molecule has 2 rings (SSSR count). The smallest absolute Gasteiger partial charge is 0.221 e. The van der Waals surface area contributed by atoms with Crippen molar-refractivity contribution in [3.63, 3.8) is 0 Å². The van der Waals surface area contributed by atoms with Crippen LogP contribution in [0.3, 0.4) is 0 Å². The summed E-state index contributed by atoms with van der Waals surface area (Å²) in [6.07, 6.45) is -0.948. The summed E-state index contributed by atoms with van der Waals surface area (Å²) in [5.74, 6) is -0.586. The number of hydrogen-bond donors (Lipinski definition) is 3. The van der Waals surface area contributed by atoms with Gasteiger partial charge in [-0.2, -0.15) is 0 Å². The lowest BCUT2D eigenvalue weighted by Crippen LogP contribution is -2.13. The van der Waals surface area contributed by atoms with Crippen molar-refractivity contribution in [1.82, 2.24) is 0 Å². The number of aliphatic hydroxyl groups excluding tert-OH is 1. The van der Waals surface area contributed by atoms with Crippen molar-refractivity contribution in [2.45, 2.75) is 13.0 Å². The Morgan fingerprint density at radius 2 is 1.90 bits per heavy atom. The molecule has 0 bridgehead atoms. The second-order valence-corrected chi connectivity index (χ2v) is 4.68. The lowest BCUT2D eigenvalue weighted by atomic mass is 10.1. The number of nitrogens with one attached hydrogen (secondary N) is 2. The van der Waals surface area contributed by atoms with E-state index in [9.17, 15) is 14.3 Å². The fourth-order valence-corrected chi connectivity index (χ4v) is 1.98. The highest BCUT2D eigenvalue weighted by molar-refractivity contribution is 5.89. The summed E-state index contributed by atoms with van der Waals surface area (Å²) in [6.45, 7) is 1.60. The Bertz CT molecular complexity index is 631. The molecule has 1 unspecified atom stereocenters. The first-order valence-corrected chi connectivity index (χ1v) is 6.60. The molecule has 0 saturated heterocycles. The van der Waals surface area contributed by atoms with Crippen molar-refractivity contribution in [3.8, 4) is 0 Å². The molecule has 5 heteroatoms. The van der Waals surface area contributed by atoms with Crippen LogP contribution in [0.2, 0.25) is 0 Å². The lowest BCUT2D eigenvalue weighted by Gasteiger charge is -2.14. The van der Waals surface area contributed by atoms with Gasteiger partial charge in [-0.1, -0.05) is 24.3 Å². The zero-order valence-electron chi connectivity index (χ0n) is 11.6. The highest BCUT2D eigenvalue weighted by Gasteiger charge is 2.11. The third-order valence-electron chi connectivity index (χ3n) is 2.95. The summed E-state index contributed by atoms with van der Waals surface area (Å²) >= 11 is 0. The Morgan fingerprint density at radius 1 is 1.19 bits per heavy atom. The molecule has 1 amide bonds. The van der Waals surface area contributed by atoms with Crippen molar-refractivity contribution >= 4 is 17.3 Å². The fourth-order valence-electron chi connectivity index (χ4n) is 1.98. The van der Waals surface area contributed by atoms with Crippen molar-refractivity contribution in [2.24, 2.45) is 0 Å². The maximum absolute atomic E-state index is 13.5.